The summed E-state index contributed by atoms with van der Waals surface area (Å²) < 4.78 is 0. The fraction of sp³-hybridized carbons (Fsp3) is 0.292. The number of thioether (sulfide) groups is 1. The molecule has 0 spiro atoms. The van der Waals surface area contributed by atoms with Crippen molar-refractivity contribution in [3.63, 3.8) is 0 Å². The Hall–Kier alpha value is -3.50. The normalized spacial score (nSPS) is 23.2. The highest BCUT2D eigenvalue weighted by molar-refractivity contribution is 8.01. The van der Waals surface area contributed by atoms with Gasteiger partial charge in [-0.1, -0.05) is 42.1 Å². The van der Waals surface area contributed by atoms with Gasteiger partial charge in [0, 0.05) is 29.9 Å². The zero-order chi connectivity index (χ0) is 23.1. The summed E-state index contributed by atoms with van der Waals surface area (Å²) in [6, 6.07) is 12.7. The SMILES string of the molecule is O=C(NC1CCCNC1)[C@@H]1Sc2nccc3c2C1NC(=O)N3c1cnnc(-c2ccccc2)c1. The molecule has 1 fully saturated rings. The first-order valence-corrected chi connectivity index (χ1v) is 12.2. The van der Waals surface area contributed by atoms with Crippen LogP contribution in [0.5, 0.6) is 0 Å². The quantitative estimate of drug-likeness (QED) is 0.534. The lowest BCUT2D eigenvalue weighted by Gasteiger charge is -2.34. The Balaban J connectivity index is 1.32. The third kappa shape index (κ3) is 3.68. The van der Waals surface area contributed by atoms with Crippen molar-refractivity contribution in [2.45, 2.75) is 35.2 Å². The number of benzene rings is 1. The Bertz CT molecular complexity index is 1250. The van der Waals surface area contributed by atoms with Crippen molar-refractivity contribution in [1.82, 2.24) is 31.1 Å². The van der Waals surface area contributed by atoms with E-state index >= 15 is 0 Å². The number of carbonyl (C=O) groups excluding carboxylic acids is 2. The summed E-state index contributed by atoms with van der Waals surface area (Å²) in [5, 5.41) is 18.2. The van der Waals surface area contributed by atoms with Crippen LogP contribution >= 0.6 is 11.8 Å². The molecule has 34 heavy (non-hydrogen) atoms. The number of urea groups is 1. The highest BCUT2D eigenvalue weighted by Gasteiger charge is 2.47. The summed E-state index contributed by atoms with van der Waals surface area (Å²) >= 11 is 1.41. The Kier molecular flexibility index (Phi) is 5.39. The van der Waals surface area contributed by atoms with Crippen LogP contribution < -0.4 is 20.9 Å². The van der Waals surface area contributed by atoms with Crippen molar-refractivity contribution in [3.05, 3.63) is 60.4 Å². The van der Waals surface area contributed by atoms with Crippen LogP contribution in [0.4, 0.5) is 16.2 Å². The van der Waals surface area contributed by atoms with E-state index in [1.807, 2.05) is 42.5 Å². The van der Waals surface area contributed by atoms with Crippen LogP contribution in [0.3, 0.4) is 0 Å². The summed E-state index contributed by atoms with van der Waals surface area (Å²) in [7, 11) is 0. The van der Waals surface area contributed by atoms with Gasteiger partial charge in [-0.3, -0.25) is 9.69 Å². The van der Waals surface area contributed by atoms with Crippen molar-refractivity contribution in [2.24, 2.45) is 0 Å². The number of nitrogens with one attached hydrogen (secondary N) is 3. The second-order valence-corrected chi connectivity index (χ2v) is 9.70. The molecule has 6 rings (SSSR count). The van der Waals surface area contributed by atoms with Gasteiger partial charge in [-0.05, 0) is 31.5 Å². The lowest BCUT2D eigenvalue weighted by molar-refractivity contribution is -0.121. The number of aromatic nitrogens is 3. The molecule has 10 heteroatoms. The first-order valence-electron chi connectivity index (χ1n) is 11.3. The van der Waals surface area contributed by atoms with Gasteiger partial charge in [-0.2, -0.15) is 10.2 Å². The molecule has 3 aliphatic rings. The molecule has 0 bridgehead atoms. The molecule has 2 aromatic heterocycles. The maximum atomic E-state index is 13.4. The molecule has 1 aromatic carbocycles. The third-order valence-electron chi connectivity index (χ3n) is 6.38. The number of carbonyl (C=O) groups is 2. The molecule has 2 unspecified atom stereocenters. The van der Waals surface area contributed by atoms with E-state index in [2.05, 4.69) is 31.1 Å². The van der Waals surface area contributed by atoms with Crippen LogP contribution in [-0.2, 0) is 4.79 Å². The molecule has 3 aromatic rings. The van der Waals surface area contributed by atoms with Gasteiger partial charge in [-0.15, -0.1) is 0 Å². The van der Waals surface area contributed by atoms with Gasteiger partial charge >= 0.3 is 6.03 Å². The van der Waals surface area contributed by atoms with Gasteiger partial charge in [0.05, 0.1) is 29.3 Å². The van der Waals surface area contributed by atoms with Gasteiger partial charge in [0.1, 0.15) is 10.3 Å². The highest BCUT2D eigenvalue weighted by atomic mass is 32.2. The molecule has 1 saturated heterocycles. The van der Waals surface area contributed by atoms with Gasteiger partial charge in [0.15, 0.2) is 0 Å². The van der Waals surface area contributed by atoms with E-state index in [1.54, 1.807) is 17.3 Å². The number of hydrogen-bond donors (Lipinski definition) is 3. The molecule has 0 saturated carbocycles. The summed E-state index contributed by atoms with van der Waals surface area (Å²) in [5.74, 6) is -0.0710. The summed E-state index contributed by atoms with van der Waals surface area (Å²) in [6.45, 7) is 1.75. The van der Waals surface area contributed by atoms with Crippen LogP contribution in [0.1, 0.15) is 24.4 Å². The second-order valence-electron chi connectivity index (χ2n) is 8.57. The maximum absolute atomic E-state index is 13.4. The van der Waals surface area contributed by atoms with Gasteiger partial charge < -0.3 is 16.0 Å². The number of pyridine rings is 1. The van der Waals surface area contributed by atoms with E-state index in [1.165, 1.54) is 11.8 Å². The number of piperidine rings is 1. The molecule has 3 aliphatic heterocycles. The number of anilines is 2. The average Bonchev–Trinajstić information content (AvgIpc) is 3.25. The maximum Gasteiger partial charge on any atom is 0.327 e. The average molecular weight is 474 g/mol. The predicted octanol–water partition coefficient (Wildman–Crippen LogP) is 2.78. The Morgan fingerprint density at radius 2 is 2.09 bits per heavy atom. The van der Waals surface area contributed by atoms with E-state index < -0.39 is 11.3 Å². The lowest BCUT2D eigenvalue weighted by atomic mass is 9.99. The molecule has 9 nitrogen and oxygen atoms in total. The second kappa shape index (κ2) is 8.69. The van der Waals surface area contributed by atoms with Crippen LogP contribution in [-0.4, -0.2) is 51.5 Å². The molecule has 0 radical (unpaired) electrons. The number of amides is 3. The molecule has 172 valence electrons. The largest absolute Gasteiger partial charge is 0.351 e. The van der Waals surface area contributed by atoms with Gasteiger partial charge in [0.25, 0.3) is 0 Å². The van der Waals surface area contributed by atoms with Crippen LogP contribution in [0, 0.1) is 0 Å². The molecule has 0 aliphatic carbocycles. The van der Waals surface area contributed by atoms with E-state index in [4.69, 9.17) is 0 Å². The lowest BCUT2D eigenvalue weighted by Crippen LogP contribution is -2.52. The predicted molar refractivity (Wildman–Crippen MR) is 129 cm³/mol. The first-order chi connectivity index (χ1) is 16.7. The fourth-order valence-electron chi connectivity index (χ4n) is 4.77. The fourth-order valence-corrected chi connectivity index (χ4v) is 6.00. The highest BCUT2D eigenvalue weighted by Crippen LogP contribution is 2.50. The van der Waals surface area contributed by atoms with Crippen molar-refractivity contribution >= 4 is 35.1 Å². The monoisotopic (exact) mass is 473 g/mol. The third-order valence-corrected chi connectivity index (χ3v) is 7.66. The van der Waals surface area contributed by atoms with Crippen molar-refractivity contribution < 1.29 is 9.59 Å². The molecular formula is C24H23N7O2S. The van der Waals surface area contributed by atoms with Crippen molar-refractivity contribution in [2.75, 3.05) is 18.0 Å². The zero-order valence-electron chi connectivity index (χ0n) is 18.3. The van der Waals surface area contributed by atoms with E-state index in [-0.39, 0.29) is 18.0 Å². The van der Waals surface area contributed by atoms with E-state index in [0.29, 0.717) is 17.1 Å². The van der Waals surface area contributed by atoms with Crippen LogP contribution in [0.25, 0.3) is 11.3 Å². The van der Waals surface area contributed by atoms with Gasteiger partial charge in [-0.25, -0.2) is 9.78 Å². The number of hydrogen-bond acceptors (Lipinski definition) is 7. The number of rotatable bonds is 4. The Morgan fingerprint density at radius 1 is 1.21 bits per heavy atom. The molecular weight excluding hydrogens is 450 g/mol. The van der Waals surface area contributed by atoms with Crippen molar-refractivity contribution in [1.29, 1.82) is 0 Å². The van der Waals surface area contributed by atoms with Crippen LogP contribution in [0.2, 0.25) is 0 Å². The molecule has 3 amide bonds. The summed E-state index contributed by atoms with van der Waals surface area (Å²) in [6.07, 6.45) is 5.24. The smallest absolute Gasteiger partial charge is 0.327 e. The molecule has 5 heterocycles. The Morgan fingerprint density at radius 3 is 2.91 bits per heavy atom. The Labute approximate surface area is 200 Å². The zero-order valence-corrected chi connectivity index (χ0v) is 19.1. The first kappa shape index (κ1) is 21.1. The van der Waals surface area contributed by atoms with E-state index in [0.717, 1.165) is 42.1 Å². The molecule has 3 N–H and O–H groups in total. The number of nitrogens with zero attached hydrogens (tertiary/aromatic N) is 4. The minimum Gasteiger partial charge on any atom is -0.351 e. The topological polar surface area (TPSA) is 112 Å². The minimum atomic E-state index is -0.466. The summed E-state index contributed by atoms with van der Waals surface area (Å²) in [4.78, 5) is 32.6. The summed E-state index contributed by atoms with van der Waals surface area (Å²) in [5.41, 5.74) is 3.77. The minimum absolute atomic E-state index is 0.0710. The van der Waals surface area contributed by atoms with Gasteiger partial charge in [0.2, 0.25) is 5.91 Å². The van der Waals surface area contributed by atoms with E-state index in [9.17, 15) is 9.59 Å². The molecule has 3 atom stereocenters. The van der Waals surface area contributed by atoms with Crippen molar-refractivity contribution in [3.8, 4) is 11.3 Å². The standard InChI is InChI=1S/C24H23N7O2S/c32-22(28-15-7-4-9-25-12-15)21-20-19-18(8-10-26-23(19)34-21)31(24(33)29-20)16-11-17(30-27-13-16)14-5-2-1-3-6-14/h1-3,5-6,8,10-11,13,15,20-21,25H,4,7,9,12H2,(H,28,32)(H,29,33)/t15?,20?,21-/m1/s1. The van der Waals surface area contributed by atoms with Crippen LogP contribution in [0.15, 0.2) is 59.9 Å².